The van der Waals surface area contributed by atoms with Gasteiger partial charge in [-0.1, -0.05) is 19.3 Å². The number of hydrogen-bond donors (Lipinski definition) is 2. The maximum absolute atomic E-state index is 11.7. The number of ketones is 2. The number of Topliss-reactive ketones (excluding diaryl/α,β-unsaturated/α-hetero) is 2. The molecule has 4 heteroatoms. The Morgan fingerprint density at radius 2 is 1.36 bits per heavy atom. The first-order valence-corrected chi connectivity index (χ1v) is 5.04. The van der Waals surface area contributed by atoms with E-state index in [1.54, 1.807) is 0 Å². The molecule has 2 saturated carbocycles. The van der Waals surface area contributed by atoms with Gasteiger partial charge < -0.3 is 10.2 Å². The maximum Gasteiger partial charge on any atom is 0.178 e. The molecule has 2 aliphatic rings. The summed E-state index contributed by atoms with van der Waals surface area (Å²) in [6.45, 7) is 0. The van der Waals surface area contributed by atoms with E-state index in [0.717, 1.165) is 19.3 Å². The number of hydrogen-bond acceptors (Lipinski definition) is 4. The van der Waals surface area contributed by atoms with Crippen molar-refractivity contribution >= 4 is 11.6 Å². The Bertz CT molecular complexity index is 256. The highest BCUT2D eigenvalue weighted by molar-refractivity contribution is 6.17. The smallest absolute Gasteiger partial charge is 0.178 e. The zero-order valence-electron chi connectivity index (χ0n) is 7.90. The van der Waals surface area contributed by atoms with Crippen LogP contribution in [0.3, 0.4) is 0 Å². The zero-order chi connectivity index (χ0) is 10.3. The Kier molecular flexibility index (Phi) is 2.20. The fraction of sp³-hybridized carbons (Fsp3) is 0.800. The van der Waals surface area contributed by atoms with Gasteiger partial charge in [0.1, 0.15) is 12.2 Å². The van der Waals surface area contributed by atoms with Gasteiger partial charge in [-0.15, -0.1) is 0 Å². The molecule has 0 aliphatic heterocycles. The van der Waals surface area contributed by atoms with Gasteiger partial charge in [-0.3, -0.25) is 9.59 Å². The molecule has 78 valence electrons. The largest absolute Gasteiger partial charge is 0.382 e. The Balaban J connectivity index is 2.34. The lowest BCUT2D eigenvalue weighted by molar-refractivity contribution is -0.139. The van der Waals surface area contributed by atoms with Gasteiger partial charge in [-0.25, -0.2) is 0 Å². The van der Waals surface area contributed by atoms with Crippen molar-refractivity contribution in [2.45, 2.75) is 44.3 Å². The van der Waals surface area contributed by atoms with Gasteiger partial charge in [-0.05, 0) is 12.8 Å². The fourth-order valence-corrected chi connectivity index (χ4v) is 2.62. The Hall–Kier alpha value is -0.740. The van der Waals surface area contributed by atoms with Crippen LogP contribution in [0.4, 0.5) is 0 Å². The molecule has 1 spiro atoms. The minimum absolute atomic E-state index is 0.463. The molecule has 2 unspecified atom stereocenters. The zero-order valence-corrected chi connectivity index (χ0v) is 7.90. The molecule has 0 bridgehead atoms. The molecule has 14 heavy (non-hydrogen) atoms. The van der Waals surface area contributed by atoms with Crippen LogP contribution in [0.1, 0.15) is 32.1 Å². The molecule has 0 radical (unpaired) electrons. The Morgan fingerprint density at radius 3 is 1.79 bits per heavy atom. The molecule has 0 aromatic heterocycles. The van der Waals surface area contributed by atoms with Gasteiger partial charge in [0.15, 0.2) is 11.6 Å². The summed E-state index contributed by atoms with van der Waals surface area (Å²) >= 11 is 0. The van der Waals surface area contributed by atoms with Crippen molar-refractivity contribution < 1.29 is 19.8 Å². The number of carbonyl (C=O) groups is 2. The summed E-state index contributed by atoms with van der Waals surface area (Å²) < 4.78 is 0. The van der Waals surface area contributed by atoms with Crippen LogP contribution < -0.4 is 0 Å². The minimum Gasteiger partial charge on any atom is -0.382 e. The van der Waals surface area contributed by atoms with Gasteiger partial charge in [0, 0.05) is 0 Å². The van der Waals surface area contributed by atoms with E-state index in [1.807, 2.05) is 0 Å². The monoisotopic (exact) mass is 198 g/mol. The lowest BCUT2D eigenvalue weighted by atomic mass is 9.71. The molecule has 0 heterocycles. The fourth-order valence-electron chi connectivity index (χ4n) is 2.62. The lowest BCUT2D eigenvalue weighted by Crippen LogP contribution is -2.37. The molecule has 0 aromatic rings. The second-order valence-electron chi connectivity index (χ2n) is 4.26. The number of aliphatic hydroxyl groups excluding tert-OH is 2. The van der Waals surface area contributed by atoms with E-state index in [4.69, 9.17) is 0 Å². The SMILES string of the molecule is O=C1C(O)C(O)C(=O)C12CCCCC2. The van der Waals surface area contributed by atoms with Gasteiger partial charge in [0.05, 0.1) is 5.41 Å². The van der Waals surface area contributed by atoms with Crippen molar-refractivity contribution in [1.29, 1.82) is 0 Å². The van der Waals surface area contributed by atoms with Crippen LogP contribution in [0, 0.1) is 5.41 Å². The van der Waals surface area contributed by atoms with Gasteiger partial charge in [-0.2, -0.15) is 0 Å². The summed E-state index contributed by atoms with van der Waals surface area (Å²) in [4.78, 5) is 23.3. The number of carbonyl (C=O) groups excluding carboxylic acids is 2. The van der Waals surface area contributed by atoms with Crippen LogP contribution in [0.15, 0.2) is 0 Å². The maximum atomic E-state index is 11.7. The molecule has 0 aromatic carbocycles. The molecule has 4 nitrogen and oxygen atoms in total. The van der Waals surface area contributed by atoms with Crippen LogP contribution in [-0.4, -0.2) is 34.0 Å². The highest BCUT2D eigenvalue weighted by Gasteiger charge is 2.59. The molecular weight excluding hydrogens is 184 g/mol. The van der Waals surface area contributed by atoms with E-state index >= 15 is 0 Å². The summed E-state index contributed by atoms with van der Waals surface area (Å²) in [7, 11) is 0. The van der Waals surface area contributed by atoms with E-state index in [-0.39, 0.29) is 0 Å². The summed E-state index contributed by atoms with van der Waals surface area (Å²) in [5, 5.41) is 18.7. The summed E-state index contributed by atoms with van der Waals surface area (Å²) in [5.41, 5.74) is -1.04. The van der Waals surface area contributed by atoms with Gasteiger partial charge in [0.2, 0.25) is 0 Å². The number of aliphatic hydroxyl groups is 2. The quantitative estimate of drug-likeness (QED) is 0.529. The average molecular weight is 198 g/mol. The van der Waals surface area contributed by atoms with Crippen molar-refractivity contribution in [2.24, 2.45) is 5.41 Å². The lowest BCUT2D eigenvalue weighted by Gasteiger charge is -2.29. The minimum atomic E-state index is -1.49. The van der Waals surface area contributed by atoms with Gasteiger partial charge >= 0.3 is 0 Å². The normalized spacial score (nSPS) is 36.7. The van der Waals surface area contributed by atoms with Crippen LogP contribution in [0.25, 0.3) is 0 Å². The van der Waals surface area contributed by atoms with E-state index in [9.17, 15) is 19.8 Å². The molecule has 2 aliphatic carbocycles. The predicted octanol–water partition coefficient (Wildman–Crippen LogP) is -0.190. The molecule has 2 rings (SSSR count). The average Bonchev–Trinajstić information content (AvgIpc) is 2.37. The summed E-state index contributed by atoms with van der Waals surface area (Å²) in [6.07, 6.45) is 0.709. The highest BCUT2D eigenvalue weighted by atomic mass is 16.3. The van der Waals surface area contributed by atoms with Crippen LogP contribution in [0.5, 0.6) is 0 Å². The van der Waals surface area contributed by atoms with Crippen LogP contribution in [0.2, 0.25) is 0 Å². The third-order valence-electron chi connectivity index (χ3n) is 3.49. The molecule has 0 amide bonds. The van der Waals surface area contributed by atoms with Crippen molar-refractivity contribution in [3.05, 3.63) is 0 Å². The van der Waals surface area contributed by atoms with E-state index in [2.05, 4.69) is 0 Å². The van der Waals surface area contributed by atoms with E-state index < -0.39 is 29.2 Å². The second-order valence-corrected chi connectivity index (χ2v) is 4.26. The van der Waals surface area contributed by atoms with Crippen LogP contribution >= 0.6 is 0 Å². The van der Waals surface area contributed by atoms with Gasteiger partial charge in [0.25, 0.3) is 0 Å². The van der Waals surface area contributed by atoms with Crippen molar-refractivity contribution in [3.8, 4) is 0 Å². The standard InChI is InChI=1S/C10H14O4/c11-6-7(12)9(14)10(8(6)13)4-2-1-3-5-10/h6-7,11-12H,1-5H2. The van der Waals surface area contributed by atoms with E-state index in [0.29, 0.717) is 12.8 Å². The summed E-state index contributed by atoms with van der Waals surface area (Å²) in [6, 6.07) is 0. The van der Waals surface area contributed by atoms with Crippen LogP contribution in [-0.2, 0) is 9.59 Å². The molecule has 2 atom stereocenters. The Labute approximate surface area is 81.9 Å². The third-order valence-corrected chi connectivity index (χ3v) is 3.49. The molecule has 2 N–H and O–H groups in total. The molecule has 2 fully saturated rings. The van der Waals surface area contributed by atoms with E-state index in [1.165, 1.54) is 0 Å². The van der Waals surface area contributed by atoms with Crippen molar-refractivity contribution in [2.75, 3.05) is 0 Å². The molecular formula is C10H14O4. The molecule has 0 saturated heterocycles. The second kappa shape index (κ2) is 3.14. The topological polar surface area (TPSA) is 74.6 Å². The predicted molar refractivity (Wildman–Crippen MR) is 47.5 cm³/mol. The summed E-state index contributed by atoms with van der Waals surface area (Å²) in [5.74, 6) is -0.926. The Morgan fingerprint density at radius 1 is 0.929 bits per heavy atom. The first kappa shape index (κ1) is 9.80. The first-order chi connectivity index (χ1) is 6.59. The third kappa shape index (κ3) is 1.07. The van der Waals surface area contributed by atoms with Crippen molar-refractivity contribution in [1.82, 2.24) is 0 Å². The van der Waals surface area contributed by atoms with Crippen molar-refractivity contribution in [3.63, 3.8) is 0 Å². The highest BCUT2D eigenvalue weighted by Crippen LogP contribution is 2.44. The number of rotatable bonds is 0. The first-order valence-electron chi connectivity index (χ1n) is 5.04.